The molecule has 0 unspecified atom stereocenters. The first-order valence-electron chi connectivity index (χ1n) is 9.06. The van der Waals surface area contributed by atoms with Gasteiger partial charge in [-0.3, -0.25) is 14.5 Å². The van der Waals surface area contributed by atoms with E-state index in [4.69, 9.17) is 0 Å². The van der Waals surface area contributed by atoms with E-state index in [1.165, 1.54) is 4.90 Å². The number of amides is 2. The van der Waals surface area contributed by atoms with Gasteiger partial charge in [0, 0.05) is 63.5 Å². The molecule has 0 saturated carbocycles. The van der Waals surface area contributed by atoms with Gasteiger partial charge in [-0.1, -0.05) is 18.2 Å². The van der Waals surface area contributed by atoms with E-state index in [0.717, 1.165) is 18.7 Å². The Morgan fingerprint density at radius 2 is 1.52 bits per heavy atom. The summed E-state index contributed by atoms with van der Waals surface area (Å²) in [4.78, 5) is 30.2. The molecule has 3 rings (SSSR count). The van der Waals surface area contributed by atoms with Crippen LogP contribution in [0.3, 0.4) is 0 Å². The monoisotopic (exact) mass is 367 g/mol. The number of piperazine rings is 1. The molecule has 0 bridgehead atoms. The summed E-state index contributed by atoms with van der Waals surface area (Å²) in [5, 5.41) is 9.91. The molecule has 142 valence electrons. The van der Waals surface area contributed by atoms with E-state index in [-0.39, 0.29) is 11.8 Å². The fraction of sp³-hybridized carbons (Fsp3) is 0.333. The maximum absolute atomic E-state index is 12.7. The predicted molar refractivity (Wildman–Crippen MR) is 104 cm³/mol. The second kappa shape index (κ2) is 8.22. The molecule has 0 spiro atoms. The van der Waals surface area contributed by atoms with Crippen LogP contribution in [0.15, 0.2) is 48.5 Å². The lowest BCUT2D eigenvalue weighted by molar-refractivity contribution is 0.0627. The minimum Gasteiger partial charge on any atom is -0.508 e. The number of carbonyl (C=O) groups is 2. The molecule has 27 heavy (non-hydrogen) atoms. The first-order chi connectivity index (χ1) is 13.0. The number of aromatic hydroxyl groups is 1. The second-order valence-electron chi connectivity index (χ2n) is 6.97. The summed E-state index contributed by atoms with van der Waals surface area (Å²) in [5.74, 6) is 0.219. The van der Waals surface area contributed by atoms with Crippen LogP contribution in [0.2, 0.25) is 0 Å². The average Bonchev–Trinajstić information content (AvgIpc) is 2.69. The van der Waals surface area contributed by atoms with E-state index in [1.54, 1.807) is 44.4 Å². The van der Waals surface area contributed by atoms with Crippen molar-refractivity contribution in [2.24, 2.45) is 0 Å². The van der Waals surface area contributed by atoms with Gasteiger partial charge in [0.25, 0.3) is 11.8 Å². The van der Waals surface area contributed by atoms with Crippen molar-refractivity contribution < 1.29 is 14.7 Å². The van der Waals surface area contributed by atoms with Crippen molar-refractivity contribution in [2.45, 2.75) is 6.54 Å². The highest BCUT2D eigenvalue weighted by atomic mass is 16.3. The van der Waals surface area contributed by atoms with Gasteiger partial charge >= 0.3 is 0 Å². The van der Waals surface area contributed by atoms with E-state index in [1.807, 2.05) is 23.1 Å². The number of nitrogens with zero attached hydrogens (tertiary/aromatic N) is 3. The standard InChI is InChI=1S/C21H25N3O3/c1-22(2)20(26)16-7-9-17(10-8-16)21(27)24-13-11-23(12-14-24)15-18-5-3-4-6-19(18)25/h3-10,25H,11-15H2,1-2H3. The van der Waals surface area contributed by atoms with Crippen LogP contribution in [0.5, 0.6) is 5.75 Å². The highest BCUT2D eigenvalue weighted by Gasteiger charge is 2.23. The van der Waals surface area contributed by atoms with Crippen molar-refractivity contribution in [3.8, 4) is 5.75 Å². The first kappa shape index (κ1) is 18.9. The largest absolute Gasteiger partial charge is 0.508 e. The van der Waals surface area contributed by atoms with Gasteiger partial charge in [-0.15, -0.1) is 0 Å². The van der Waals surface area contributed by atoms with Gasteiger partial charge in [-0.25, -0.2) is 0 Å². The number of carbonyl (C=O) groups excluding carboxylic acids is 2. The minimum absolute atomic E-state index is 0.0129. The van der Waals surface area contributed by atoms with E-state index in [0.29, 0.717) is 36.5 Å². The molecule has 1 aliphatic rings. The Morgan fingerprint density at radius 3 is 2.11 bits per heavy atom. The van der Waals surface area contributed by atoms with E-state index in [2.05, 4.69) is 4.90 Å². The van der Waals surface area contributed by atoms with E-state index >= 15 is 0 Å². The molecular weight excluding hydrogens is 342 g/mol. The maximum atomic E-state index is 12.7. The molecule has 1 saturated heterocycles. The Morgan fingerprint density at radius 1 is 0.926 bits per heavy atom. The molecule has 0 radical (unpaired) electrons. The molecule has 1 aliphatic heterocycles. The molecule has 0 aliphatic carbocycles. The van der Waals surface area contributed by atoms with Crippen LogP contribution >= 0.6 is 0 Å². The lowest BCUT2D eigenvalue weighted by Crippen LogP contribution is -2.48. The molecule has 2 amide bonds. The SMILES string of the molecule is CN(C)C(=O)c1ccc(C(=O)N2CCN(Cc3ccccc3O)CC2)cc1. The third-order valence-electron chi connectivity index (χ3n) is 4.83. The Hall–Kier alpha value is -2.86. The number of hydrogen-bond acceptors (Lipinski definition) is 4. The first-order valence-corrected chi connectivity index (χ1v) is 9.06. The van der Waals surface area contributed by atoms with Crippen LogP contribution in [0.1, 0.15) is 26.3 Å². The predicted octanol–water partition coefficient (Wildman–Crippen LogP) is 2.05. The minimum atomic E-state index is -0.0771. The molecule has 6 heteroatoms. The maximum Gasteiger partial charge on any atom is 0.253 e. The fourth-order valence-electron chi connectivity index (χ4n) is 3.19. The number of phenols is 1. The highest BCUT2D eigenvalue weighted by molar-refractivity contribution is 5.97. The van der Waals surface area contributed by atoms with Gasteiger partial charge < -0.3 is 14.9 Å². The zero-order valence-electron chi connectivity index (χ0n) is 15.8. The van der Waals surface area contributed by atoms with Crippen LogP contribution in [0, 0.1) is 0 Å². The fourth-order valence-corrected chi connectivity index (χ4v) is 3.19. The molecular formula is C21H25N3O3. The Kier molecular flexibility index (Phi) is 5.76. The van der Waals surface area contributed by atoms with Crippen LogP contribution in [-0.2, 0) is 6.54 Å². The third kappa shape index (κ3) is 4.46. The topological polar surface area (TPSA) is 64.1 Å². The van der Waals surface area contributed by atoms with Gasteiger partial charge in [-0.2, -0.15) is 0 Å². The quantitative estimate of drug-likeness (QED) is 0.898. The zero-order chi connectivity index (χ0) is 19.4. The normalized spacial score (nSPS) is 14.8. The number of hydrogen-bond donors (Lipinski definition) is 1. The summed E-state index contributed by atoms with van der Waals surface area (Å²) in [6.45, 7) is 3.49. The Labute approximate surface area is 159 Å². The van der Waals surface area contributed by atoms with Gasteiger partial charge in [-0.05, 0) is 30.3 Å². The Bertz CT molecular complexity index is 810. The van der Waals surface area contributed by atoms with Crippen molar-refractivity contribution in [3.05, 3.63) is 65.2 Å². The van der Waals surface area contributed by atoms with Crippen LogP contribution in [0.4, 0.5) is 0 Å². The van der Waals surface area contributed by atoms with E-state index in [9.17, 15) is 14.7 Å². The molecule has 0 atom stereocenters. The van der Waals surface area contributed by atoms with Crippen molar-refractivity contribution in [1.29, 1.82) is 0 Å². The number of benzene rings is 2. The lowest BCUT2D eigenvalue weighted by Gasteiger charge is -2.35. The van der Waals surface area contributed by atoms with Gasteiger partial charge in [0.2, 0.25) is 0 Å². The molecule has 2 aromatic rings. The summed E-state index contributed by atoms with van der Waals surface area (Å²) in [6, 6.07) is 14.2. The number of para-hydroxylation sites is 1. The van der Waals surface area contributed by atoms with E-state index < -0.39 is 0 Å². The molecule has 0 aromatic heterocycles. The third-order valence-corrected chi connectivity index (χ3v) is 4.83. The number of rotatable bonds is 4. The van der Waals surface area contributed by atoms with Crippen LogP contribution < -0.4 is 0 Å². The molecule has 1 heterocycles. The summed E-state index contributed by atoms with van der Waals surface area (Å²) < 4.78 is 0. The summed E-state index contributed by atoms with van der Waals surface area (Å²) >= 11 is 0. The summed E-state index contributed by atoms with van der Waals surface area (Å²) in [6.07, 6.45) is 0. The van der Waals surface area contributed by atoms with Gasteiger partial charge in [0.05, 0.1) is 0 Å². The smallest absolute Gasteiger partial charge is 0.253 e. The lowest BCUT2D eigenvalue weighted by atomic mass is 10.1. The van der Waals surface area contributed by atoms with Crippen molar-refractivity contribution in [3.63, 3.8) is 0 Å². The highest BCUT2D eigenvalue weighted by Crippen LogP contribution is 2.19. The zero-order valence-corrected chi connectivity index (χ0v) is 15.8. The summed E-state index contributed by atoms with van der Waals surface area (Å²) in [5.41, 5.74) is 2.07. The molecule has 1 N–H and O–H groups in total. The van der Waals surface area contributed by atoms with Crippen LogP contribution in [0.25, 0.3) is 0 Å². The van der Waals surface area contributed by atoms with Crippen molar-refractivity contribution in [1.82, 2.24) is 14.7 Å². The average molecular weight is 367 g/mol. The second-order valence-corrected chi connectivity index (χ2v) is 6.97. The molecule has 6 nitrogen and oxygen atoms in total. The van der Waals surface area contributed by atoms with Gasteiger partial charge in [0.15, 0.2) is 0 Å². The van der Waals surface area contributed by atoms with Crippen LogP contribution in [-0.4, -0.2) is 71.9 Å². The van der Waals surface area contributed by atoms with Crippen molar-refractivity contribution in [2.75, 3.05) is 40.3 Å². The summed E-state index contributed by atoms with van der Waals surface area (Å²) in [7, 11) is 3.41. The Balaban J connectivity index is 1.57. The molecule has 1 fully saturated rings. The molecule has 2 aromatic carbocycles. The number of phenolic OH excluding ortho intramolecular Hbond substituents is 1. The van der Waals surface area contributed by atoms with Crippen molar-refractivity contribution >= 4 is 11.8 Å². The van der Waals surface area contributed by atoms with Gasteiger partial charge in [0.1, 0.15) is 5.75 Å².